The van der Waals surface area contributed by atoms with E-state index in [-0.39, 0.29) is 12.1 Å². The number of carbonyl (C=O) groups is 1. The van der Waals surface area contributed by atoms with Crippen molar-refractivity contribution in [1.29, 1.82) is 0 Å². The van der Waals surface area contributed by atoms with Gasteiger partial charge in [-0.15, -0.1) is 0 Å². The molecule has 0 radical (unpaired) electrons. The number of hydrogen-bond acceptors (Lipinski definition) is 2. The van der Waals surface area contributed by atoms with Gasteiger partial charge in [0.1, 0.15) is 6.10 Å². The van der Waals surface area contributed by atoms with E-state index in [9.17, 15) is 4.79 Å². The van der Waals surface area contributed by atoms with Gasteiger partial charge in [-0.05, 0) is 30.7 Å². The zero-order valence-electron chi connectivity index (χ0n) is 10.8. The van der Waals surface area contributed by atoms with E-state index in [1.165, 1.54) is 0 Å². The topological polar surface area (TPSA) is 26.3 Å². The lowest BCUT2D eigenvalue weighted by Crippen LogP contribution is -2.12. The monoisotopic (exact) mass is 252 g/mol. The third-order valence-electron chi connectivity index (χ3n) is 2.66. The van der Waals surface area contributed by atoms with Crippen molar-refractivity contribution in [2.24, 2.45) is 0 Å². The van der Waals surface area contributed by atoms with E-state index in [1.54, 1.807) is 12.1 Å². The molecular weight excluding hydrogens is 236 g/mol. The van der Waals surface area contributed by atoms with Gasteiger partial charge in [-0.1, -0.05) is 54.6 Å². The number of esters is 1. The van der Waals surface area contributed by atoms with Crippen molar-refractivity contribution < 1.29 is 9.53 Å². The second-order valence-electron chi connectivity index (χ2n) is 4.25. The Kier molecular flexibility index (Phi) is 4.51. The van der Waals surface area contributed by atoms with Crippen molar-refractivity contribution in [3.05, 3.63) is 77.9 Å². The van der Waals surface area contributed by atoms with Crippen molar-refractivity contribution in [3.63, 3.8) is 0 Å². The minimum absolute atomic E-state index is 0.257. The van der Waals surface area contributed by atoms with Crippen LogP contribution in [0.2, 0.25) is 0 Å². The molecule has 0 aliphatic rings. The highest BCUT2D eigenvalue weighted by Crippen LogP contribution is 2.07. The maximum absolute atomic E-state index is 11.8. The molecule has 2 heteroatoms. The Labute approximate surface area is 113 Å². The van der Waals surface area contributed by atoms with Crippen LogP contribution in [0, 0.1) is 0 Å². The summed E-state index contributed by atoms with van der Waals surface area (Å²) < 4.78 is 5.33. The number of carbonyl (C=O) groups excluding carboxylic acids is 1. The SMILES string of the molecule is C[C@@H](/C=C/c1ccccc1)OC(=O)c1ccccc1. The second kappa shape index (κ2) is 6.55. The van der Waals surface area contributed by atoms with Gasteiger partial charge < -0.3 is 4.74 Å². The molecule has 2 aromatic rings. The molecule has 0 fully saturated rings. The smallest absolute Gasteiger partial charge is 0.338 e. The maximum Gasteiger partial charge on any atom is 0.338 e. The first kappa shape index (κ1) is 13.1. The fourth-order valence-corrected chi connectivity index (χ4v) is 1.66. The molecule has 0 aliphatic heterocycles. The number of benzene rings is 2. The van der Waals surface area contributed by atoms with Crippen molar-refractivity contribution in [1.82, 2.24) is 0 Å². The molecule has 2 aromatic carbocycles. The van der Waals surface area contributed by atoms with Crippen LogP contribution in [0.15, 0.2) is 66.7 Å². The molecule has 0 bridgehead atoms. The fraction of sp³-hybridized carbons (Fsp3) is 0.118. The first-order chi connectivity index (χ1) is 9.25. The van der Waals surface area contributed by atoms with E-state index in [0.29, 0.717) is 5.56 Å². The van der Waals surface area contributed by atoms with Gasteiger partial charge in [-0.2, -0.15) is 0 Å². The number of rotatable bonds is 4. The molecule has 0 unspecified atom stereocenters. The fourth-order valence-electron chi connectivity index (χ4n) is 1.66. The first-order valence-electron chi connectivity index (χ1n) is 6.25. The standard InChI is InChI=1S/C17H16O2/c1-14(12-13-15-8-4-2-5-9-15)19-17(18)16-10-6-3-7-11-16/h2-14H,1H3/b13-12+/t14-/m0/s1. The van der Waals surface area contributed by atoms with Crippen LogP contribution in [0.1, 0.15) is 22.8 Å². The molecule has 2 nitrogen and oxygen atoms in total. The molecule has 0 N–H and O–H groups in total. The molecule has 19 heavy (non-hydrogen) atoms. The van der Waals surface area contributed by atoms with Crippen LogP contribution in [-0.4, -0.2) is 12.1 Å². The maximum atomic E-state index is 11.8. The Bertz CT molecular complexity index is 544. The third kappa shape index (κ3) is 4.11. The third-order valence-corrected chi connectivity index (χ3v) is 2.66. The van der Waals surface area contributed by atoms with Crippen molar-refractivity contribution >= 4 is 12.0 Å². The van der Waals surface area contributed by atoms with Crippen LogP contribution >= 0.6 is 0 Å². The molecule has 0 aliphatic carbocycles. The molecule has 0 amide bonds. The van der Waals surface area contributed by atoms with E-state index < -0.39 is 0 Å². The Hall–Kier alpha value is -2.35. The average molecular weight is 252 g/mol. The molecule has 0 spiro atoms. The molecule has 0 aromatic heterocycles. The molecule has 2 rings (SSSR count). The number of hydrogen-bond donors (Lipinski definition) is 0. The van der Waals surface area contributed by atoms with Gasteiger partial charge in [0.2, 0.25) is 0 Å². The highest BCUT2D eigenvalue weighted by Gasteiger charge is 2.08. The van der Waals surface area contributed by atoms with Crippen LogP contribution in [0.25, 0.3) is 6.08 Å². The van der Waals surface area contributed by atoms with Crippen molar-refractivity contribution in [3.8, 4) is 0 Å². The summed E-state index contributed by atoms with van der Waals surface area (Å²) in [6, 6.07) is 18.9. The lowest BCUT2D eigenvalue weighted by Gasteiger charge is -2.09. The Balaban J connectivity index is 1.93. The average Bonchev–Trinajstić information content (AvgIpc) is 2.47. The largest absolute Gasteiger partial charge is 0.455 e. The van der Waals surface area contributed by atoms with E-state index >= 15 is 0 Å². The lowest BCUT2D eigenvalue weighted by atomic mass is 10.2. The Morgan fingerprint density at radius 3 is 2.21 bits per heavy atom. The molecule has 0 heterocycles. The van der Waals surface area contributed by atoms with Crippen LogP contribution < -0.4 is 0 Å². The summed E-state index contributed by atoms with van der Waals surface area (Å²) in [5.41, 5.74) is 1.66. The zero-order chi connectivity index (χ0) is 13.5. The molecular formula is C17H16O2. The lowest BCUT2D eigenvalue weighted by molar-refractivity contribution is 0.0426. The zero-order valence-corrected chi connectivity index (χ0v) is 10.8. The summed E-state index contributed by atoms with van der Waals surface area (Å²) in [6.07, 6.45) is 3.56. The summed E-state index contributed by atoms with van der Waals surface area (Å²) in [4.78, 5) is 11.8. The summed E-state index contributed by atoms with van der Waals surface area (Å²) in [5, 5.41) is 0. The van der Waals surface area contributed by atoms with E-state index in [1.807, 2.05) is 67.6 Å². The van der Waals surface area contributed by atoms with Crippen LogP contribution in [0.3, 0.4) is 0 Å². The molecule has 0 saturated carbocycles. The van der Waals surface area contributed by atoms with Crippen LogP contribution in [0.4, 0.5) is 0 Å². The van der Waals surface area contributed by atoms with Gasteiger partial charge >= 0.3 is 5.97 Å². The Morgan fingerprint density at radius 1 is 1.00 bits per heavy atom. The van der Waals surface area contributed by atoms with Gasteiger partial charge in [-0.25, -0.2) is 4.79 Å². The summed E-state index contributed by atoms with van der Waals surface area (Å²) in [6.45, 7) is 1.85. The summed E-state index contributed by atoms with van der Waals surface area (Å²) in [5.74, 6) is -0.300. The van der Waals surface area contributed by atoms with E-state index in [0.717, 1.165) is 5.56 Å². The predicted molar refractivity (Wildman–Crippen MR) is 76.8 cm³/mol. The van der Waals surface area contributed by atoms with Gasteiger partial charge in [0, 0.05) is 0 Å². The quantitative estimate of drug-likeness (QED) is 0.770. The molecule has 1 atom stereocenters. The molecule has 96 valence electrons. The highest BCUT2D eigenvalue weighted by molar-refractivity contribution is 5.89. The second-order valence-corrected chi connectivity index (χ2v) is 4.25. The van der Waals surface area contributed by atoms with E-state index in [2.05, 4.69) is 0 Å². The van der Waals surface area contributed by atoms with E-state index in [4.69, 9.17) is 4.74 Å². The minimum atomic E-state index is -0.300. The first-order valence-corrected chi connectivity index (χ1v) is 6.25. The predicted octanol–water partition coefficient (Wildman–Crippen LogP) is 3.95. The number of ether oxygens (including phenoxy) is 1. The summed E-state index contributed by atoms with van der Waals surface area (Å²) >= 11 is 0. The minimum Gasteiger partial charge on any atom is -0.455 e. The summed E-state index contributed by atoms with van der Waals surface area (Å²) in [7, 11) is 0. The highest BCUT2D eigenvalue weighted by atomic mass is 16.5. The van der Waals surface area contributed by atoms with Crippen molar-refractivity contribution in [2.75, 3.05) is 0 Å². The van der Waals surface area contributed by atoms with Gasteiger partial charge in [0.15, 0.2) is 0 Å². The van der Waals surface area contributed by atoms with Crippen LogP contribution in [-0.2, 0) is 4.74 Å². The normalized spacial score (nSPS) is 12.3. The van der Waals surface area contributed by atoms with Gasteiger partial charge in [-0.3, -0.25) is 0 Å². The van der Waals surface area contributed by atoms with Gasteiger partial charge in [0.25, 0.3) is 0 Å². The van der Waals surface area contributed by atoms with Gasteiger partial charge in [0.05, 0.1) is 5.56 Å². The van der Waals surface area contributed by atoms with Crippen LogP contribution in [0.5, 0.6) is 0 Å². The Morgan fingerprint density at radius 2 is 1.58 bits per heavy atom. The molecule has 0 saturated heterocycles. The van der Waals surface area contributed by atoms with Crippen molar-refractivity contribution in [2.45, 2.75) is 13.0 Å².